The molecule has 1 fully saturated rings. The van der Waals surface area contributed by atoms with Gasteiger partial charge in [-0.15, -0.1) is 0 Å². The average Bonchev–Trinajstić information content (AvgIpc) is 3.03. The Bertz CT molecular complexity index is 472. The fraction of sp³-hybridized carbons (Fsp3) is 0.364. The van der Waals surface area contributed by atoms with Crippen LogP contribution in [0.1, 0.15) is 18.4 Å². The van der Waals surface area contributed by atoms with E-state index in [-0.39, 0.29) is 5.02 Å². The first-order valence-corrected chi connectivity index (χ1v) is 6.09. The van der Waals surface area contributed by atoms with Gasteiger partial charge < -0.3 is 10.6 Å². The van der Waals surface area contributed by atoms with E-state index in [0.29, 0.717) is 16.8 Å². The third-order valence-electron chi connectivity index (χ3n) is 2.46. The lowest BCUT2D eigenvalue weighted by atomic mass is 10.2. The van der Waals surface area contributed by atoms with E-state index in [1.807, 2.05) is 0 Å². The molecule has 1 aromatic rings. The zero-order valence-electron chi connectivity index (χ0n) is 9.14. The molecular weight excluding hydrogens is 285 g/mol. The first-order valence-electron chi connectivity index (χ1n) is 5.30. The summed E-state index contributed by atoms with van der Waals surface area (Å²) >= 11 is 10.8. The van der Waals surface area contributed by atoms with Crippen LogP contribution in [0, 0.1) is 0 Å². The van der Waals surface area contributed by atoms with Gasteiger partial charge in [-0.25, -0.2) is 0 Å². The highest BCUT2D eigenvalue weighted by atomic mass is 35.5. The topological polar surface area (TPSA) is 24.1 Å². The summed E-state index contributed by atoms with van der Waals surface area (Å²) in [6, 6.07) is 3.49. The van der Waals surface area contributed by atoms with E-state index in [9.17, 15) is 13.2 Å². The summed E-state index contributed by atoms with van der Waals surface area (Å²) in [7, 11) is 0. The number of thiocarbonyl (C=S) groups is 1. The van der Waals surface area contributed by atoms with E-state index >= 15 is 0 Å². The normalized spacial score (nSPS) is 15.3. The van der Waals surface area contributed by atoms with Crippen LogP contribution in [0.5, 0.6) is 0 Å². The van der Waals surface area contributed by atoms with Gasteiger partial charge in [-0.05, 0) is 43.3 Å². The van der Waals surface area contributed by atoms with Gasteiger partial charge in [-0.3, -0.25) is 0 Å². The fourth-order valence-electron chi connectivity index (χ4n) is 1.36. The molecule has 18 heavy (non-hydrogen) atoms. The van der Waals surface area contributed by atoms with Crippen LogP contribution >= 0.6 is 23.8 Å². The van der Waals surface area contributed by atoms with Crippen molar-refractivity contribution in [2.45, 2.75) is 25.1 Å². The number of benzene rings is 1. The molecule has 2 rings (SSSR count). The molecule has 1 aliphatic rings. The Morgan fingerprint density at radius 3 is 2.50 bits per heavy atom. The van der Waals surface area contributed by atoms with Crippen molar-refractivity contribution in [2.75, 3.05) is 5.32 Å². The average molecular weight is 295 g/mol. The SMILES string of the molecule is FC(F)(F)c1ccc(NC(=S)NC2CC2)c(Cl)c1. The van der Waals surface area contributed by atoms with Gasteiger partial charge in [-0.1, -0.05) is 11.6 Å². The molecule has 0 unspecified atom stereocenters. The Morgan fingerprint density at radius 1 is 1.33 bits per heavy atom. The van der Waals surface area contributed by atoms with E-state index in [0.717, 1.165) is 25.0 Å². The summed E-state index contributed by atoms with van der Waals surface area (Å²) < 4.78 is 37.3. The predicted octanol–water partition coefficient (Wildman–Crippen LogP) is 3.81. The van der Waals surface area contributed by atoms with Crippen LogP contribution in [0.15, 0.2) is 18.2 Å². The van der Waals surface area contributed by atoms with E-state index in [1.54, 1.807) is 0 Å². The lowest BCUT2D eigenvalue weighted by Crippen LogP contribution is -2.30. The molecule has 1 saturated carbocycles. The number of anilines is 1. The summed E-state index contributed by atoms with van der Waals surface area (Å²) in [5.41, 5.74) is -0.415. The van der Waals surface area contributed by atoms with Crippen LogP contribution in [0.3, 0.4) is 0 Å². The minimum absolute atomic E-state index is 0.00947. The molecule has 2 nitrogen and oxygen atoms in total. The standard InChI is InChI=1S/C11H10ClF3N2S/c12-8-5-6(11(13,14)15)1-4-9(8)17-10(18)16-7-2-3-7/h1,4-5,7H,2-3H2,(H2,16,17,18). The van der Waals surface area contributed by atoms with Crippen molar-refractivity contribution in [3.8, 4) is 0 Å². The van der Waals surface area contributed by atoms with Gasteiger partial charge in [0.25, 0.3) is 0 Å². The molecule has 0 spiro atoms. The van der Waals surface area contributed by atoms with E-state index in [4.69, 9.17) is 23.8 Å². The zero-order chi connectivity index (χ0) is 13.3. The summed E-state index contributed by atoms with van der Waals surface area (Å²) in [6.45, 7) is 0. The largest absolute Gasteiger partial charge is 0.416 e. The van der Waals surface area contributed by atoms with Crippen molar-refractivity contribution in [3.63, 3.8) is 0 Å². The van der Waals surface area contributed by atoms with Crippen molar-refractivity contribution >= 4 is 34.6 Å². The molecule has 0 saturated heterocycles. The molecule has 0 atom stereocenters. The summed E-state index contributed by atoms with van der Waals surface area (Å²) in [6.07, 6.45) is -2.28. The second-order valence-electron chi connectivity index (χ2n) is 4.07. The van der Waals surface area contributed by atoms with Crippen LogP contribution in [0.25, 0.3) is 0 Å². The van der Waals surface area contributed by atoms with E-state index in [1.165, 1.54) is 6.07 Å². The monoisotopic (exact) mass is 294 g/mol. The minimum Gasteiger partial charge on any atom is -0.360 e. The molecular formula is C11H10ClF3N2S. The number of hydrogen-bond acceptors (Lipinski definition) is 1. The minimum atomic E-state index is -4.39. The first-order chi connectivity index (χ1) is 8.36. The maximum atomic E-state index is 12.4. The van der Waals surface area contributed by atoms with Gasteiger partial charge in [0.2, 0.25) is 0 Å². The number of halogens is 4. The molecule has 0 aliphatic heterocycles. The quantitative estimate of drug-likeness (QED) is 0.811. The van der Waals surface area contributed by atoms with Gasteiger partial charge in [0.15, 0.2) is 5.11 Å². The first kappa shape index (κ1) is 13.4. The van der Waals surface area contributed by atoms with E-state index in [2.05, 4.69) is 10.6 Å². The van der Waals surface area contributed by atoms with Crippen molar-refractivity contribution < 1.29 is 13.2 Å². The van der Waals surface area contributed by atoms with Crippen molar-refractivity contribution in [1.29, 1.82) is 0 Å². The Hall–Kier alpha value is -1.01. The fourth-order valence-corrected chi connectivity index (χ4v) is 1.87. The Balaban J connectivity index is 2.07. The van der Waals surface area contributed by atoms with Crippen LogP contribution in [-0.4, -0.2) is 11.2 Å². The molecule has 7 heteroatoms. The van der Waals surface area contributed by atoms with Crippen LogP contribution in [0.2, 0.25) is 5.02 Å². The molecule has 0 heterocycles. The number of hydrogen-bond donors (Lipinski definition) is 2. The molecule has 0 radical (unpaired) electrons. The molecule has 0 amide bonds. The predicted molar refractivity (Wildman–Crippen MR) is 68.8 cm³/mol. The van der Waals surface area contributed by atoms with Crippen molar-refractivity contribution in [3.05, 3.63) is 28.8 Å². The molecule has 1 aliphatic carbocycles. The highest BCUT2D eigenvalue weighted by molar-refractivity contribution is 7.80. The maximum Gasteiger partial charge on any atom is 0.416 e. The molecule has 0 bridgehead atoms. The van der Waals surface area contributed by atoms with Gasteiger partial charge in [-0.2, -0.15) is 13.2 Å². The van der Waals surface area contributed by atoms with Crippen molar-refractivity contribution in [1.82, 2.24) is 5.32 Å². The molecule has 98 valence electrons. The second-order valence-corrected chi connectivity index (χ2v) is 4.88. The zero-order valence-corrected chi connectivity index (χ0v) is 10.7. The van der Waals surface area contributed by atoms with Gasteiger partial charge in [0, 0.05) is 6.04 Å². The van der Waals surface area contributed by atoms with Gasteiger partial charge >= 0.3 is 6.18 Å². The second kappa shape index (κ2) is 4.93. The van der Waals surface area contributed by atoms with Crippen LogP contribution in [-0.2, 0) is 6.18 Å². The highest BCUT2D eigenvalue weighted by Gasteiger charge is 2.31. The van der Waals surface area contributed by atoms with Crippen LogP contribution in [0.4, 0.5) is 18.9 Å². The van der Waals surface area contributed by atoms with E-state index < -0.39 is 11.7 Å². The number of rotatable bonds is 2. The summed E-state index contributed by atoms with van der Waals surface area (Å²) in [5.74, 6) is 0. The Morgan fingerprint density at radius 2 is 2.00 bits per heavy atom. The maximum absolute atomic E-state index is 12.4. The third-order valence-corrected chi connectivity index (χ3v) is 2.99. The van der Waals surface area contributed by atoms with Crippen LogP contribution < -0.4 is 10.6 Å². The lowest BCUT2D eigenvalue weighted by molar-refractivity contribution is -0.137. The Labute approximate surface area is 113 Å². The molecule has 0 aromatic heterocycles. The lowest BCUT2D eigenvalue weighted by Gasteiger charge is -2.13. The van der Waals surface area contributed by atoms with Gasteiger partial charge in [0.05, 0.1) is 16.3 Å². The summed E-state index contributed by atoms with van der Waals surface area (Å²) in [4.78, 5) is 0. The molecule has 1 aromatic carbocycles. The smallest absolute Gasteiger partial charge is 0.360 e. The molecule has 2 N–H and O–H groups in total. The van der Waals surface area contributed by atoms with Crippen molar-refractivity contribution in [2.24, 2.45) is 0 Å². The highest BCUT2D eigenvalue weighted by Crippen LogP contribution is 2.33. The summed E-state index contributed by atoms with van der Waals surface area (Å²) in [5, 5.41) is 6.16. The van der Waals surface area contributed by atoms with Gasteiger partial charge in [0.1, 0.15) is 0 Å². The number of nitrogens with one attached hydrogen (secondary N) is 2. The Kier molecular flexibility index (Phi) is 3.68. The number of alkyl halides is 3. The third kappa shape index (κ3) is 3.49.